The van der Waals surface area contributed by atoms with Crippen LogP contribution in [-0.4, -0.2) is 41.8 Å². The molecule has 1 unspecified atom stereocenters. The Labute approximate surface area is 89.0 Å². The minimum Gasteiger partial charge on any atom is -0.481 e. The van der Waals surface area contributed by atoms with Crippen molar-refractivity contribution in [1.29, 1.82) is 0 Å². The molecule has 0 saturated carbocycles. The van der Waals surface area contributed by atoms with Gasteiger partial charge in [-0.25, -0.2) is 4.79 Å². The van der Waals surface area contributed by atoms with Gasteiger partial charge in [-0.05, 0) is 19.3 Å². The second-order valence-corrected chi connectivity index (χ2v) is 3.74. The van der Waals surface area contributed by atoms with Crippen molar-refractivity contribution in [3.63, 3.8) is 0 Å². The molecule has 1 amide bonds. The van der Waals surface area contributed by atoms with Gasteiger partial charge in [0.1, 0.15) is 0 Å². The first-order chi connectivity index (χ1) is 7.15. The summed E-state index contributed by atoms with van der Waals surface area (Å²) in [5, 5.41) is 8.84. The van der Waals surface area contributed by atoms with Crippen molar-refractivity contribution in [2.45, 2.75) is 26.2 Å². The third-order valence-corrected chi connectivity index (χ3v) is 2.46. The van der Waals surface area contributed by atoms with Crippen molar-refractivity contribution >= 4 is 12.1 Å². The molecule has 1 aliphatic rings. The van der Waals surface area contributed by atoms with Crippen LogP contribution in [0, 0.1) is 5.92 Å². The number of amides is 1. The number of piperidine rings is 1. The number of likely N-dealkylation sites (tertiary alicyclic amines) is 1. The van der Waals surface area contributed by atoms with E-state index in [0.29, 0.717) is 19.6 Å². The highest BCUT2D eigenvalue weighted by molar-refractivity contribution is 5.73. The maximum atomic E-state index is 11.4. The highest BCUT2D eigenvalue weighted by Gasteiger charge is 2.28. The van der Waals surface area contributed by atoms with Gasteiger partial charge in [0.2, 0.25) is 0 Å². The number of ether oxygens (including phenoxy) is 1. The van der Waals surface area contributed by atoms with Gasteiger partial charge in [-0.2, -0.15) is 0 Å². The van der Waals surface area contributed by atoms with Crippen molar-refractivity contribution in [1.82, 2.24) is 4.90 Å². The normalized spacial score (nSPS) is 21.1. The van der Waals surface area contributed by atoms with Gasteiger partial charge < -0.3 is 14.7 Å². The van der Waals surface area contributed by atoms with Crippen LogP contribution in [-0.2, 0) is 9.53 Å². The van der Waals surface area contributed by atoms with E-state index in [1.807, 2.05) is 6.92 Å². The molecule has 1 saturated heterocycles. The van der Waals surface area contributed by atoms with Gasteiger partial charge in [-0.15, -0.1) is 0 Å². The van der Waals surface area contributed by atoms with Crippen LogP contribution in [0.1, 0.15) is 26.2 Å². The summed E-state index contributed by atoms with van der Waals surface area (Å²) in [6.07, 6.45) is 1.77. The van der Waals surface area contributed by atoms with Gasteiger partial charge in [0.15, 0.2) is 0 Å². The SMILES string of the molecule is CCCOC(=O)N1CCCC(C(=O)O)C1. The average molecular weight is 215 g/mol. The lowest BCUT2D eigenvalue weighted by atomic mass is 9.99. The van der Waals surface area contributed by atoms with Crippen LogP contribution in [0.3, 0.4) is 0 Å². The molecule has 0 radical (unpaired) electrons. The Morgan fingerprint density at radius 1 is 1.53 bits per heavy atom. The van der Waals surface area contributed by atoms with Crippen LogP contribution in [0.4, 0.5) is 4.79 Å². The van der Waals surface area contributed by atoms with Crippen LogP contribution in [0.15, 0.2) is 0 Å². The second kappa shape index (κ2) is 5.58. The molecular weight excluding hydrogens is 198 g/mol. The first kappa shape index (κ1) is 11.8. The van der Waals surface area contributed by atoms with Crippen LogP contribution >= 0.6 is 0 Å². The molecule has 1 N–H and O–H groups in total. The van der Waals surface area contributed by atoms with E-state index in [0.717, 1.165) is 12.8 Å². The fraction of sp³-hybridized carbons (Fsp3) is 0.800. The third-order valence-electron chi connectivity index (χ3n) is 2.46. The lowest BCUT2D eigenvalue weighted by Gasteiger charge is -2.29. The number of nitrogens with zero attached hydrogens (tertiary/aromatic N) is 1. The molecule has 0 aromatic rings. The maximum Gasteiger partial charge on any atom is 0.409 e. The molecule has 5 nitrogen and oxygen atoms in total. The van der Waals surface area contributed by atoms with Gasteiger partial charge in [0.25, 0.3) is 0 Å². The van der Waals surface area contributed by atoms with Crippen molar-refractivity contribution in [2.24, 2.45) is 5.92 Å². The van der Waals surface area contributed by atoms with Crippen molar-refractivity contribution < 1.29 is 19.4 Å². The van der Waals surface area contributed by atoms with E-state index in [4.69, 9.17) is 9.84 Å². The summed E-state index contributed by atoms with van der Waals surface area (Å²) in [5.74, 6) is -1.27. The minimum atomic E-state index is -0.831. The number of aliphatic carboxylic acids is 1. The molecule has 0 bridgehead atoms. The summed E-state index contributed by atoms with van der Waals surface area (Å²) in [6, 6.07) is 0. The Bertz CT molecular complexity index is 242. The van der Waals surface area contributed by atoms with Gasteiger partial charge in [0.05, 0.1) is 12.5 Å². The Balaban J connectivity index is 2.41. The van der Waals surface area contributed by atoms with E-state index in [1.165, 1.54) is 4.90 Å². The van der Waals surface area contributed by atoms with E-state index in [9.17, 15) is 9.59 Å². The predicted molar refractivity (Wildman–Crippen MR) is 53.6 cm³/mol. The zero-order chi connectivity index (χ0) is 11.3. The van der Waals surface area contributed by atoms with E-state index in [-0.39, 0.29) is 12.6 Å². The molecule has 86 valence electrons. The first-order valence-electron chi connectivity index (χ1n) is 5.29. The van der Waals surface area contributed by atoms with Gasteiger partial charge >= 0.3 is 12.1 Å². The molecule has 1 aliphatic heterocycles. The summed E-state index contributed by atoms with van der Waals surface area (Å²) >= 11 is 0. The number of rotatable bonds is 3. The van der Waals surface area contributed by atoms with E-state index >= 15 is 0 Å². The largest absolute Gasteiger partial charge is 0.481 e. The molecule has 5 heteroatoms. The minimum absolute atomic E-state index is 0.276. The zero-order valence-electron chi connectivity index (χ0n) is 8.94. The zero-order valence-corrected chi connectivity index (χ0v) is 8.94. The monoisotopic (exact) mass is 215 g/mol. The smallest absolute Gasteiger partial charge is 0.409 e. The highest BCUT2D eigenvalue weighted by Crippen LogP contribution is 2.17. The van der Waals surface area contributed by atoms with Crippen molar-refractivity contribution in [2.75, 3.05) is 19.7 Å². The van der Waals surface area contributed by atoms with Gasteiger partial charge in [-0.1, -0.05) is 6.92 Å². The molecule has 0 aromatic heterocycles. The molecule has 0 aromatic carbocycles. The summed E-state index contributed by atoms with van der Waals surface area (Å²) < 4.78 is 4.95. The number of carboxylic acid groups (broad SMARTS) is 1. The lowest BCUT2D eigenvalue weighted by molar-refractivity contribution is -0.143. The number of carbonyl (C=O) groups is 2. The summed E-state index contributed by atoms with van der Waals surface area (Å²) in [4.78, 5) is 23.7. The summed E-state index contributed by atoms with van der Waals surface area (Å²) in [5.41, 5.74) is 0. The van der Waals surface area contributed by atoms with Crippen molar-refractivity contribution in [3.8, 4) is 0 Å². The first-order valence-corrected chi connectivity index (χ1v) is 5.29. The van der Waals surface area contributed by atoms with Crippen LogP contribution in [0.5, 0.6) is 0 Å². The van der Waals surface area contributed by atoms with E-state index < -0.39 is 11.9 Å². The summed E-state index contributed by atoms with van der Waals surface area (Å²) in [7, 11) is 0. The Morgan fingerprint density at radius 2 is 2.27 bits per heavy atom. The number of carboxylic acids is 1. The quantitative estimate of drug-likeness (QED) is 0.771. The second-order valence-electron chi connectivity index (χ2n) is 3.74. The number of carbonyl (C=O) groups excluding carboxylic acids is 1. The molecule has 15 heavy (non-hydrogen) atoms. The Morgan fingerprint density at radius 3 is 2.87 bits per heavy atom. The average Bonchev–Trinajstić information content (AvgIpc) is 2.26. The van der Waals surface area contributed by atoms with E-state index in [1.54, 1.807) is 0 Å². The molecule has 1 heterocycles. The topological polar surface area (TPSA) is 66.8 Å². The third kappa shape index (κ3) is 3.42. The Hall–Kier alpha value is -1.26. The molecule has 1 rings (SSSR count). The standard InChI is InChI=1S/C10H17NO4/c1-2-6-15-10(14)11-5-3-4-8(7-11)9(12)13/h8H,2-7H2,1H3,(H,12,13). The lowest BCUT2D eigenvalue weighted by Crippen LogP contribution is -2.42. The van der Waals surface area contributed by atoms with Crippen LogP contribution in [0.25, 0.3) is 0 Å². The fourth-order valence-corrected chi connectivity index (χ4v) is 1.63. The molecule has 0 spiro atoms. The van der Waals surface area contributed by atoms with Crippen molar-refractivity contribution in [3.05, 3.63) is 0 Å². The van der Waals surface area contributed by atoms with Gasteiger partial charge in [-0.3, -0.25) is 4.79 Å². The predicted octanol–water partition coefficient (Wildman–Crippen LogP) is 1.33. The van der Waals surface area contributed by atoms with Crippen LogP contribution < -0.4 is 0 Å². The number of hydrogen-bond acceptors (Lipinski definition) is 3. The maximum absolute atomic E-state index is 11.4. The highest BCUT2D eigenvalue weighted by atomic mass is 16.6. The molecular formula is C10H17NO4. The molecule has 0 aliphatic carbocycles. The van der Waals surface area contributed by atoms with Crippen LogP contribution in [0.2, 0.25) is 0 Å². The molecule has 1 atom stereocenters. The van der Waals surface area contributed by atoms with E-state index in [2.05, 4.69) is 0 Å². The Kier molecular flexibility index (Phi) is 4.39. The van der Waals surface area contributed by atoms with Gasteiger partial charge in [0, 0.05) is 13.1 Å². The fourth-order valence-electron chi connectivity index (χ4n) is 1.63. The summed E-state index contributed by atoms with van der Waals surface area (Å²) in [6.45, 7) is 3.20. The molecule has 1 fully saturated rings. The number of hydrogen-bond donors (Lipinski definition) is 1.